The second-order valence-electron chi connectivity index (χ2n) is 4.65. The number of carboxylic acid groups (broad SMARTS) is 1. The van der Waals surface area contributed by atoms with Gasteiger partial charge in [-0.2, -0.15) is 0 Å². The molecule has 1 N–H and O–H groups in total. The third-order valence-electron chi connectivity index (χ3n) is 3.24. The Morgan fingerprint density at radius 3 is 2.78 bits per heavy atom. The van der Waals surface area contributed by atoms with Gasteiger partial charge in [0.1, 0.15) is 11.9 Å². The van der Waals surface area contributed by atoms with E-state index in [4.69, 9.17) is 5.11 Å². The third-order valence-corrected chi connectivity index (χ3v) is 3.73. The third kappa shape index (κ3) is 3.09. The maximum atomic E-state index is 13.8. The molecule has 3 nitrogen and oxygen atoms in total. The monoisotopic (exact) mass is 315 g/mol. The molecule has 0 amide bonds. The van der Waals surface area contributed by atoms with Crippen molar-refractivity contribution in [3.05, 3.63) is 34.1 Å². The smallest absolute Gasteiger partial charge is 0.320 e. The molecule has 1 aliphatic rings. The van der Waals surface area contributed by atoms with Crippen LogP contribution in [0.2, 0.25) is 0 Å². The zero-order valence-corrected chi connectivity index (χ0v) is 11.7. The van der Waals surface area contributed by atoms with E-state index in [2.05, 4.69) is 15.9 Å². The summed E-state index contributed by atoms with van der Waals surface area (Å²) in [6.07, 6.45) is 1.99. The Labute approximate surface area is 114 Å². The normalized spacial score (nSPS) is 16.9. The van der Waals surface area contributed by atoms with Gasteiger partial charge in [-0.15, -0.1) is 0 Å². The summed E-state index contributed by atoms with van der Waals surface area (Å²) >= 11 is 3.21. The van der Waals surface area contributed by atoms with Crippen molar-refractivity contribution in [2.75, 3.05) is 0 Å². The van der Waals surface area contributed by atoms with E-state index in [1.54, 1.807) is 19.1 Å². The number of halogens is 2. The molecule has 0 aliphatic heterocycles. The van der Waals surface area contributed by atoms with E-state index < -0.39 is 12.0 Å². The topological polar surface area (TPSA) is 40.5 Å². The highest BCUT2D eigenvalue weighted by atomic mass is 79.9. The largest absolute Gasteiger partial charge is 0.480 e. The highest BCUT2D eigenvalue weighted by Crippen LogP contribution is 2.31. The first-order valence-corrected chi connectivity index (χ1v) is 6.71. The Morgan fingerprint density at radius 1 is 1.61 bits per heavy atom. The standard InChI is InChI=1S/C13H15BrFNO2/c1-8(13(17)18)16(11-4-5-11)7-9-2-3-10(14)6-12(9)15/h2-3,6,8,11H,4-5,7H2,1H3,(H,17,18). The summed E-state index contributed by atoms with van der Waals surface area (Å²) < 4.78 is 14.4. The number of aliphatic carboxylic acids is 1. The first kappa shape index (κ1) is 13.5. The lowest BCUT2D eigenvalue weighted by molar-refractivity contribution is -0.143. The van der Waals surface area contributed by atoms with Crippen molar-refractivity contribution in [2.45, 2.75) is 38.4 Å². The minimum atomic E-state index is -0.862. The number of hydrogen-bond acceptors (Lipinski definition) is 2. The first-order valence-electron chi connectivity index (χ1n) is 5.91. The van der Waals surface area contributed by atoms with Crippen molar-refractivity contribution in [1.82, 2.24) is 4.90 Å². The van der Waals surface area contributed by atoms with Crippen LogP contribution in [0.15, 0.2) is 22.7 Å². The summed E-state index contributed by atoms with van der Waals surface area (Å²) in [5.74, 6) is -1.16. The minimum Gasteiger partial charge on any atom is -0.480 e. The first-order chi connectivity index (χ1) is 8.49. The van der Waals surface area contributed by atoms with Crippen LogP contribution in [0.1, 0.15) is 25.3 Å². The number of carboxylic acids is 1. The second-order valence-corrected chi connectivity index (χ2v) is 5.57. The number of hydrogen-bond donors (Lipinski definition) is 1. The van der Waals surface area contributed by atoms with Gasteiger partial charge in [-0.1, -0.05) is 22.0 Å². The molecule has 0 heterocycles. The number of rotatable bonds is 5. The maximum Gasteiger partial charge on any atom is 0.320 e. The van der Waals surface area contributed by atoms with Crippen LogP contribution in [-0.2, 0) is 11.3 Å². The van der Waals surface area contributed by atoms with Crippen LogP contribution in [0.3, 0.4) is 0 Å². The zero-order valence-electron chi connectivity index (χ0n) is 10.1. The molecule has 0 aromatic heterocycles. The summed E-state index contributed by atoms with van der Waals surface area (Å²) in [5, 5.41) is 9.08. The Balaban J connectivity index is 2.15. The predicted molar refractivity (Wildman–Crippen MR) is 69.8 cm³/mol. The molecule has 5 heteroatoms. The molecule has 1 saturated carbocycles. The molecule has 98 valence electrons. The quantitative estimate of drug-likeness (QED) is 0.908. The Hall–Kier alpha value is -0.940. The van der Waals surface area contributed by atoms with Crippen LogP contribution in [0, 0.1) is 5.82 Å². The Bertz CT molecular complexity index is 462. The fraction of sp³-hybridized carbons (Fsp3) is 0.462. The Kier molecular flexibility index (Phi) is 4.02. The van der Waals surface area contributed by atoms with Gasteiger partial charge in [0.05, 0.1) is 0 Å². The van der Waals surface area contributed by atoms with Crippen molar-refractivity contribution in [3.63, 3.8) is 0 Å². The van der Waals surface area contributed by atoms with Crippen molar-refractivity contribution in [3.8, 4) is 0 Å². The molecule has 1 aromatic rings. The predicted octanol–water partition coefficient (Wildman–Crippen LogP) is 3.03. The molecule has 0 spiro atoms. The molecule has 1 aromatic carbocycles. The molecular weight excluding hydrogens is 301 g/mol. The molecule has 0 saturated heterocycles. The van der Waals surface area contributed by atoms with Crippen molar-refractivity contribution < 1.29 is 14.3 Å². The zero-order chi connectivity index (χ0) is 13.3. The average molecular weight is 316 g/mol. The van der Waals surface area contributed by atoms with Gasteiger partial charge in [-0.05, 0) is 31.9 Å². The van der Waals surface area contributed by atoms with Crippen LogP contribution in [0.4, 0.5) is 4.39 Å². The SMILES string of the molecule is CC(C(=O)O)N(Cc1ccc(Br)cc1F)C1CC1. The van der Waals surface area contributed by atoms with Crippen molar-refractivity contribution in [2.24, 2.45) is 0 Å². The van der Waals surface area contributed by atoms with E-state index in [0.29, 0.717) is 16.6 Å². The summed E-state index contributed by atoms with van der Waals surface area (Å²) in [6.45, 7) is 1.99. The number of nitrogens with zero attached hydrogens (tertiary/aromatic N) is 1. The van der Waals surface area contributed by atoms with E-state index in [-0.39, 0.29) is 11.9 Å². The average Bonchev–Trinajstić information content (AvgIpc) is 3.11. The molecule has 0 radical (unpaired) electrons. The van der Waals surface area contributed by atoms with E-state index >= 15 is 0 Å². The van der Waals surface area contributed by atoms with Gasteiger partial charge in [-0.25, -0.2) is 4.39 Å². The van der Waals surface area contributed by atoms with Crippen LogP contribution in [0.5, 0.6) is 0 Å². The van der Waals surface area contributed by atoms with Gasteiger partial charge >= 0.3 is 5.97 Å². The summed E-state index contributed by atoms with van der Waals surface area (Å²) in [4.78, 5) is 12.9. The Morgan fingerprint density at radius 2 is 2.28 bits per heavy atom. The van der Waals surface area contributed by atoms with Gasteiger partial charge in [0.25, 0.3) is 0 Å². The summed E-state index contributed by atoms with van der Waals surface area (Å²) in [6, 6.07) is 4.57. The lowest BCUT2D eigenvalue weighted by Gasteiger charge is -2.26. The van der Waals surface area contributed by atoms with Gasteiger partial charge in [-0.3, -0.25) is 9.69 Å². The fourth-order valence-corrected chi connectivity index (χ4v) is 2.31. The van der Waals surface area contributed by atoms with Crippen LogP contribution < -0.4 is 0 Å². The van der Waals surface area contributed by atoms with E-state index in [1.165, 1.54) is 6.07 Å². The molecule has 1 unspecified atom stereocenters. The van der Waals surface area contributed by atoms with E-state index in [0.717, 1.165) is 12.8 Å². The molecule has 0 bridgehead atoms. The molecule has 1 atom stereocenters. The lowest BCUT2D eigenvalue weighted by atomic mass is 10.1. The van der Waals surface area contributed by atoms with Crippen LogP contribution in [-0.4, -0.2) is 28.1 Å². The highest BCUT2D eigenvalue weighted by Gasteiger charge is 2.35. The molecule has 18 heavy (non-hydrogen) atoms. The lowest BCUT2D eigenvalue weighted by Crippen LogP contribution is -2.40. The second kappa shape index (κ2) is 5.36. The van der Waals surface area contributed by atoms with E-state index in [9.17, 15) is 9.18 Å². The van der Waals surface area contributed by atoms with Crippen molar-refractivity contribution in [1.29, 1.82) is 0 Å². The molecule has 1 fully saturated rings. The van der Waals surface area contributed by atoms with Gasteiger partial charge in [0.15, 0.2) is 0 Å². The summed E-state index contributed by atoms with van der Waals surface area (Å²) in [5.41, 5.74) is 0.540. The molecular formula is C13H15BrFNO2. The van der Waals surface area contributed by atoms with Gasteiger partial charge in [0.2, 0.25) is 0 Å². The highest BCUT2D eigenvalue weighted by molar-refractivity contribution is 9.10. The van der Waals surface area contributed by atoms with E-state index in [1.807, 2.05) is 4.90 Å². The number of benzene rings is 1. The van der Waals surface area contributed by atoms with Crippen molar-refractivity contribution >= 4 is 21.9 Å². The minimum absolute atomic E-state index is 0.277. The summed E-state index contributed by atoms with van der Waals surface area (Å²) in [7, 11) is 0. The van der Waals surface area contributed by atoms with Crippen LogP contribution >= 0.6 is 15.9 Å². The van der Waals surface area contributed by atoms with Gasteiger partial charge < -0.3 is 5.11 Å². The number of carbonyl (C=O) groups is 1. The van der Waals surface area contributed by atoms with Crippen LogP contribution in [0.25, 0.3) is 0 Å². The van der Waals surface area contributed by atoms with Gasteiger partial charge in [0, 0.05) is 22.6 Å². The molecule has 1 aliphatic carbocycles. The molecule has 2 rings (SSSR count). The maximum absolute atomic E-state index is 13.8. The fourth-order valence-electron chi connectivity index (χ4n) is 1.98.